The van der Waals surface area contributed by atoms with E-state index in [2.05, 4.69) is 159 Å². The average Bonchev–Trinajstić information content (AvgIpc) is 3.77. The predicted molar refractivity (Wildman–Crippen MR) is 194 cm³/mol. The zero-order chi connectivity index (χ0) is 32.5. The standard InChI is InChI=1S/C42H38N4O/c1-41(2,3)30-20-22-35-33(25-30)37-34-26-31(42(4,5)6)21-23-36(34)46(39(37)45(35)32-18-11-8-12-19-32)40-44-43-38(47-40)29-17-13-16-28(24-29)27-14-9-7-10-15-27/h7-26H,1-6H3. The van der Waals surface area contributed by atoms with E-state index in [1.807, 2.05) is 18.2 Å². The largest absolute Gasteiger partial charge is 0.403 e. The molecule has 0 unspecified atom stereocenters. The fourth-order valence-electron chi connectivity index (χ4n) is 6.65. The van der Waals surface area contributed by atoms with E-state index < -0.39 is 0 Å². The molecule has 5 heteroatoms. The lowest BCUT2D eigenvalue weighted by Gasteiger charge is -2.20. The van der Waals surface area contributed by atoms with Gasteiger partial charge in [-0.2, -0.15) is 0 Å². The van der Waals surface area contributed by atoms with Crippen molar-refractivity contribution in [1.29, 1.82) is 0 Å². The average molecular weight is 615 g/mol. The van der Waals surface area contributed by atoms with Crippen LogP contribution in [-0.4, -0.2) is 19.3 Å². The second-order valence-corrected chi connectivity index (χ2v) is 14.5. The van der Waals surface area contributed by atoms with Gasteiger partial charge in [0.1, 0.15) is 5.65 Å². The van der Waals surface area contributed by atoms with Crippen LogP contribution in [0.3, 0.4) is 0 Å². The summed E-state index contributed by atoms with van der Waals surface area (Å²) < 4.78 is 11.1. The van der Waals surface area contributed by atoms with Crippen LogP contribution in [-0.2, 0) is 10.8 Å². The molecule has 0 aliphatic carbocycles. The minimum Gasteiger partial charge on any atom is -0.403 e. The highest BCUT2D eigenvalue weighted by Gasteiger charge is 2.27. The van der Waals surface area contributed by atoms with Crippen LogP contribution in [0.1, 0.15) is 52.7 Å². The number of rotatable bonds is 4. The summed E-state index contributed by atoms with van der Waals surface area (Å²) in [7, 11) is 0. The molecule has 0 bridgehead atoms. The van der Waals surface area contributed by atoms with Gasteiger partial charge in [0.2, 0.25) is 5.89 Å². The molecule has 0 atom stereocenters. The van der Waals surface area contributed by atoms with Gasteiger partial charge in [-0.25, -0.2) is 4.57 Å². The molecule has 8 rings (SSSR count). The van der Waals surface area contributed by atoms with Crippen LogP contribution in [0.15, 0.2) is 126 Å². The van der Waals surface area contributed by atoms with Gasteiger partial charge in [-0.05, 0) is 81.6 Å². The van der Waals surface area contributed by atoms with Gasteiger partial charge in [0.15, 0.2) is 0 Å². The number of nitrogens with zero attached hydrogens (tertiary/aromatic N) is 4. The van der Waals surface area contributed by atoms with Gasteiger partial charge in [0.25, 0.3) is 0 Å². The monoisotopic (exact) mass is 614 g/mol. The third kappa shape index (κ3) is 4.85. The van der Waals surface area contributed by atoms with Crippen LogP contribution in [0.4, 0.5) is 0 Å². The summed E-state index contributed by atoms with van der Waals surface area (Å²) in [6.45, 7) is 13.6. The van der Waals surface area contributed by atoms with Gasteiger partial charge >= 0.3 is 6.01 Å². The van der Waals surface area contributed by atoms with E-state index in [-0.39, 0.29) is 10.8 Å². The molecule has 0 amide bonds. The lowest BCUT2D eigenvalue weighted by molar-refractivity contribution is 0.545. The molecule has 5 nitrogen and oxygen atoms in total. The number of hydrogen-bond acceptors (Lipinski definition) is 3. The predicted octanol–water partition coefficient (Wildman–Crippen LogP) is 11.0. The third-order valence-electron chi connectivity index (χ3n) is 9.23. The Kier molecular flexibility index (Phi) is 6.52. The molecule has 0 aliphatic heterocycles. The van der Waals surface area contributed by atoms with E-state index in [9.17, 15) is 0 Å². The Morgan fingerprint density at radius 1 is 0.511 bits per heavy atom. The molecule has 0 aliphatic rings. The summed E-state index contributed by atoms with van der Waals surface area (Å²) in [4.78, 5) is 0. The maximum absolute atomic E-state index is 6.61. The molecule has 0 fully saturated rings. The highest BCUT2D eigenvalue weighted by molar-refractivity contribution is 6.22. The number of hydrogen-bond donors (Lipinski definition) is 0. The Hall–Kier alpha value is -5.42. The van der Waals surface area contributed by atoms with E-state index in [0.29, 0.717) is 11.9 Å². The molecular formula is C42H38N4O. The lowest BCUT2D eigenvalue weighted by Crippen LogP contribution is -2.11. The topological polar surface area (TPSA) is 48.8 Å². The molecule has 0 saturated carbocycles. The molecule has 0 N–H and O–H groups in total. The molecule has 3 heterocycles. The van der Waals surface area contributed by atoms with Crippen molar-refractivity contribution in [3.05, 3.63) is 132 Å². The van der Waals surface area contributed by atoms with Crippen LogP contribution in [0.2, 0.25) is 0 Å². The first-order valence-electron chi connectivity index (χ1n) is 16.3. The van der Waals surface area contributed by atoms with Gasteiger partial charge in [0.05, 0.1) is 11.0 Å². The fourth-order valence-corrected chi connectivity index (χ4v) is 6.65. The number of para-hydroxylation sites is 1. The maximum Gasteiger partial charge on any atom is 0.329 e. The van der Waals surface area contributed by atoms with Crippen molar-refractivity contribution in [2.24, 2.45) is 0 Å². The third-order valence-corrected chi connectivity index (χ3v) is 9.23. The van der Waals surface area contributed by atoms with E-state index in [0.717, 1.165) is 39.1 Å². The van der Waals surface area contributed by atoms with Gasteiger partial charge < -0.3 is 4.42 Å². The Bertz CT molecular complexity index is 2410. The van der Waals surface area contributed by atoms with Crippen molar-refractivity contribution in [2.45, 2.75) is 52.4 Å². The highest BCUT2D eigenvalue weighted by Crippen LogP contribution is 2.43. The van der Waals surface area contributed by atoms with Crippen LogP contribution in [0, 0.1) is 0 Å². The van der Waals surface area contributed by atoms with Gasteiger partial charge in [-0.3, -0.25) is 4.57 Å². The molecule has 8 aromatic rings. The quantitative estimate of drug-likeness (QED) is 0.198. The normalized spacial score (nSPS) is 12.5. The summed E-state index contributed by atoms with van der Waals surface area (Å²) in [5.74, 6) is 0.483. The van der Waals surface area contributed by atoms with Crippen LogP contribution in [0.25, 0.3) is 67.1 Å². The summed E-state index contributed by atoms with van der Waals surface area (Å²) in [5.41, 5.74) is 9.94. The molecule has 0 saturated heterocycles. The SMILES string of the molecule is CC(C)(C)c1ccc2c(c1)c1c3cc(C(C)(C)C)ccc3n(-c3nnc(-c4cccc(-c5ccccc5)c4)o3)c1n2-c1ccccc1. The Morgan fingerprint density at radius 3 is 1.68 bits per heavy atom. The molecule has 0 spiro atoms. The van der Waals surface area contributed by atoms with Crippen molar-refractivity contribution in [2.75, 3.05) is 0 Å². The number of fused-ring (bicyclic) bond motifs is 5. The molecule has 3 aromatic heterocycles. The summed E-state index contributed by atoms with van der Waals surface area (Å²) >= 11 is 0. The number of aromatic nitrogens is 4. The van der Waals surface area contributed by atoms with E-state index >= 15 is 0 Å². The zero-order valence-electron chi connectivity index (χ0n) is 27.7. The van der Waals surface area contributed by atoms with Gasteiger partial charge in [0, 0.05) is 27.4 Å². The van der Waals surface area contributed by atoms with Crippen molar-refractivity contribution >= 4 is 32.8 Å². The summed E-state index contributed by atoms with van der Waals surface area (Å²) in [6, 6.07) is 43.3. The second kappa shape index (κ2) is 10.6. The molecule has 0 radical (unpaired) electrons. The molecule has 47 heavy (non-hydrogen) atoms. The Balaban J connectivity index is 1.44. The minimum absolute atomic E-state index is 0.0000252. The maximum atomic E-state index is 6.61. The van der Waals surface area contributed by atoms with Crippen molar-refractivity contribution < 1.29 is 4.42 Å². The van der Waals surface area contributed by atoms with Crippen molar-refractivity contribution in [3.63, 3.8) is 0 Å². The van der Waals surface area contributed by atoms with Gasteiger partial charge in [-0.15, -0.1) is 5.10 Å². The van der Waals surface area contributed by atoms with E-state index in [4.69, 9.17) is 9.52 Å². The second-order valence-electron chi connectivity index (χ2n) is 14.5. The fraction of sp³-hybridized carbons (Fsp3) is 0.190. The van der Waals surface area contributed by atoms with Crippen LogP contribution < -0.4 is 0 Å². The van der Waals surface area contributed by atoms with Gasteiger partial charge in [-0.1, -0.05) is 119 Å². The van der Waals surface area contributed by atoms with E-state index in [1.54, 1.807) is 0 Å². The minimum atomic E-state index is -0.0155. The lowest BCUT2D eigenvalue weighted by atomic mass is 9.85. The smallest absolute Gasteiger partial charge is 0.329 e. The zero-order valence-corrected chi connectivity index (χ0v) is 27.7. The molecule has 5 aromatic carbocycles. The molecule has 232 valence electrons. The first-order valence-corrected chi connectivity index (χ1v) is 16.3. The van der Waals surface area contributed by atoms with Crippen molar-refractivity contribution in [1.82, 2.24) is 19.3 Å². The Morgan fingerprint density at radius 2 is 1.06 bits per heavy atom. The highest BCUT2D eigenvalue weighted by atomic mass is 16.4. The Labute approximate surface area is 275 Å². The number of benzene rings is 5. The first-order chi connectivity index (χ1) is 22.6. The molecular weight excluding hydrogens is 576 g/mol. The first kappa shape index (κ1) is 29.0. The summed E-state index contributed by atoms with van der Waals surface area (Å²) in [5, 5.41) is 12.9. The van der Waals surface area contributed by atoms with Crippen molar-refractivity contribution in [3.8, 4) is 34.3 Å². The van der Waals surface area contributed by atoms with Crippen LogP contribution in [0.5, 0.6) is 0 Å². The summed E-state index contributed by atoms with van der Waals surface area (Å²) in [6.07, 6.45) is 0. The van der Waals surface area contributed by atoms with Crippen LogP contribution >= 0.6 is 0 Å². The van der Waals surface area contributed by atoms with E-state index in [1.165, 1.54) is 27.3 Å².